The maximum Gasteiger partial charge on any atom is 0.245 e. The minimum atomic E-state index is 0.110. The molecule has 4 heteroatoms. The van der Waals surface area contributed by atoms with Gasteiger partial charge in [-0.2, -0.15) is 0 Å². The number of halogens is 2. The second-order valence-corrected chi connectivity index (χ2v) is 7.91. The monoisotopic (exact) mass is 393 g/mol. The van der Waals surface area contributed by atoms with Crippen molar-refractivity contribution >= 4 is 51.1 Å². The Kier molecular flexibility index (Phi) is 5.15. The van der Waals surface area contributed by atoms with Crippen molar-refractivity contribution < 1.29 is 4.79 Å². The third-order valence-electron chi connectivity index (χ3n) is 2.10. The quantitative estimate of drug-likeness (QED) is 0.496. The molecule has 1 aliphatic heterocycles. The fourth-order valence-electron chi connectivity index (χ4n) is 1.43. The molecule has 12 heavy (non-hydrogen) atoms. The number of carbonyl (C=O) groups is 1. The summed E-state index contributed by atoms with van der Waals surface area (Å²) in [5.74, 6) is 0.304. The molecule has 0 unspecified atom stereocenters. The molecule has 2 nitrogen and oxygen atoms in total. The molecule has 0 saturated carbocycles. The van der Waals surface area contributed by atoms with Crippen LogP contribution in [-0.4, -0.2) is 25.8 Å². The van der Waals surface area contributed by atoms with Crippen LogP contribution in [0.5, 0.6) is 0 Å². The maximum atomic E-state index is 11.6. The van der Waals surface area contributed by atoms with Gasteiger partial charge in [0.1, 0.15) is 1.93 Å². The van der Waals surface area contributed by atoms with Crippen molar-refractivity contribution in [2.24, 2.45) is 0 Å². The second-order valence-electron chi connectivity index (χ2n) is 3.04. The van der Waals surface area contributed by atoms with E-state index in [0.29, 0.717) is 5.91 Å². The smallest absolute Gasteiger partial charge is 0.245 e. The Morgan fingerprint density at radius 3 is 2.00 bits per heavy atom. The van der Waals surface area contributed by atoms with Crippen LogP contribution in [0.4, 0.5) is 0 Å². The van der Waals surface area contributed by atoms with Gasteiger partial charge >= 0.3 is 0 Å². The predicted molar refractivity (Wildman–Crippen MR) is 66.9 cm³/mol. The van der Waals surface area contributed by atoms with Gasteiger partial charge in [0, 0.05) is 13.1 Å². The van der Waals surface area contributed by atoms with Crippen LogP contribution in [0.25, 0.3) is 0 Å². The van der Waals surface area contributed by atoms with Crippen LogP contribution < -0.4 is 0 Å². The molecule has 1 amide bonds. The van der Waals surface area contributed by atoms with Crippen molar-refractivity contribution in [3.8, 4) is 0 Å². The van der Waals surface area contributed by atoms with E-state index in [2.05, 4.69) is 45.2 Å². The Morgan fingerprint density at radius 2 is 1.58 bits per heavy atom. The Labute approximate surface area is 101 Å². The Morgan fingerprint density at radius 1 is 1.08 bits per heavy atom. The first-order valence-corrected chi connectivity index (χ1v) is 6.78. The molecule has 0 aromatic heterocycles. The SMILES string of the molecule is O=C(C(I)I)N1CCCCCC1. The first-order valence-electron chi connectivity index (χ1n) is 4.29. The second kappa shape index (κ2) is 5.62. The molecule has 0 aliphatic carbocycles. The number of rotatable bonds is 1. The van der Waals surface area contributed by atoms with E-state index in [-0.39, 0.29) is 1.93 Å². The lowest BCUT2D eigenvalue weighted by atomic mass is 10.2. The van der Waals surface area contributed by atoms with Crippen LogP contribution in [0, 0.1) is 0 Å². The minimum absolute atomic E-state index is 0.110. The summed E-state index contributed by atoms with van der Waals surface area (Å²) in [6, 6.07) is 0. The van der Waals surface area contributed by atoms with E-state index in [0.717, 1.165) is 13.1 Å². The fraction of sp³-hybridized carbons (Fsp3) is 0.875. The summed E-state index contributed by atoms with van der Waals surface area (Å²) in [4.78, 5) is 13.6. The van der Waals surface area contributed by atoms with Gasteiger partial charge in [0.15, 0.2) is 0 Å². The van der Waals surface area contributed by atoms with E-state index in [1.807, 2.05) is 4.90 Å². The van der Waals surface area contributed by atoms with Gasteiger partial charge in [-0.1, -0.05) is 58.0 Å². The van der Waals surface area contributed by atoms with Crippen molar-refractivity contribution in [3.63, 3.8) is 0 Å². The lowest BCUT2D eigenvalue weighted by Gasteiger charge is -2.20. The molecule has 0 atom stereocenters. The third-order valence-corrected chi connectivity index (χ3v) is 3.17. The number of hydrogen-bond donors (Lipinski definition) is 0. The lowest BCUT2D eigenvalue weighted by molar-refractivity contribution is -0.128. The normalized spacial score (nSPS) is 19.4. The predicted octanol–water partition coefficient (Wildman–Crippen LogP) is 2.59. The van der Waals surface area contributed by atoms with Crippen molar-refractivity contribution in [1.82, 2.24) is 4.90 Å². The third kappa shape index (κ3) is 3.35. The standard InChI is InChI=1S/C8H13I2NO/c9-7(10)8(12)11-5-3-1-2-4-6-11/h7H,1-6H2. The zero-order chi connectivity index (χ0) is 8.97. The van der Waals surface area contributed by atoms with E-state index in [1.54, 1.807) is 0 Å². The summed E-state index contributed by atoms with van der Waals surface area (Å²) < 4.78 is 0.110. The summed E-state index contributed by atoms with van der Waals surface area (Å²) in [7, 11) is 0. The molecule has 1 heterocycles. The van der Waals surface area contributed by atoms with Crippen molar-refractivity contribution in [2.45, 2.75) is 27.6 Å². The highest BCUT2D eigenvalue weighted by Gasteiger charge is 2.19. The zero-order valence-corrected chi connectivity index (χ0v) is 11.2. The van der Waals surface area contributed by atoms with E-state index in [4.69, 9.17) is 0 Å². The molecule has 1 saturated heterocycles. The van der Waals surface area contributed by atoms with Crippen molar-refractivity contribution in [1.29, 1.82) is 0 Å². The molecule has 0 spiro atoms. The Hall–Kier alpha value is 0.930. The highest BCUT2D eigenvalue weighted by atomic mass is 127. The molecule has 1 rings (SSSR count). The topological polar surface area (TPSA) is 20.3 Å². The molecular weight excluding hydrogens is 380 g/mol. The first kappa shape index (κ1) is 11.0. The van der Waals surface area contributed by atoms with Gasteiger partial charge in [-0.3, -0.25) is 4.79 Å². The average molecular weight is 393 g/mol. The lowest BCUT2D eigenvalue weighted by Crippen LogP contribution is -2.35. The minimum Gasteiger partial charge on any atom is -0.341 e. The van der Waals surface area contributed by atoms with Crippen LogP contribution in [0.15, 0.2) is 0 Å². The summed E-state index contributed by atoms with van der Waals surface area (Å²) in [5.41, 5.74) is 0. The molecule has 1 aliphatic rings. The van der Waals surface area contributed by atoms with E-state index >= 15 is 0 Å². The molecule has 0 bridgehead atoms. The van der Waals surface area contributed by atoms with Gasteiger partial charge in [-0.15, -0.1) is 0 Å². The van der Waals surface area contributed by atoms with Gasteiger partial charge in [-0.05, 0) is 12.8 Å². The average Bonchev–Trinajstić information content (AvgIpc) is 2.30. The highest BCUT2D eigenvalue weighted by molar-refractivity contribution is 14.2. The van der Waals surface area contributed by atoms with E-state index in [1.165, 1.54) is 25.7 Å². The number of alkyl halides is 2. The molecule has 1 fully saturated rings. The number of hydrogen-bond acceptors (Lipinski definition) is 1. The van der Waals surface area contributed by atoms with Crippen molar-refractivity contribution in [2.75, 3.05) is 13.1 Å². The number of likely N-dealkylation sites (tertiary alicyclic amines) is 1. The van der Waals surface area contributed by atoms with Gasteiger partial charge in [0.25, 0.3) is 0 Å². The van der Waals surface area contributed by atoms with E-state index < -0.39 is 0 Å². The summed E-state index contributed by atoms with van der Waals surface area (Å²) in [6.07, 6.45) is 4.95. The molecule has 0 aromatic carbocycles. The Balaban J connectivity index is 2.43. The molecule has 70 valence electrons. The van der Waals surface area contributed by atoms with Crippen LogP contribution in [-0.2, 0) is 4.79 Å². The van der Waals surface area contributed by atoms with Gasteiger partial charge in [0.05, 0.1) is 0 Å². The summed E-state index contributed by atoms with van der Waals surface area (Å²) in [6.45, 7) is 1.95. The highest BCUT2D eigenvalue weighted by Crippen LogP contribution is 2.17. The van der Waals surface area contributed by atoms with Crippen LogP contribution in [0.1, 0.15) is 25.7 Å². The number of nitrogens with zero attached hydrogens (tertiary/aromatic N) is 1. The largest absolute Gasteiger partial charge is 0.341 e. The zero-order valence-electron chi connectivity index (χ0n) is 6.93. The summed E-state index contributed by atoms with van der Waals surface area (Å²) in [5, 5.41) is 0. The van der Waals surface area contributed by atoms with E-state index in [9.17, 15) is 4.79 Å². The van der Waals surface area contributed by atoms with Gasteiger partial charge < -0.3 is 4.90 Å². The number of amides is 1. The van der Waals surface area contributed by atoms with Crippen LogP contribution in [0.2, 0.25) is 0 Å². The van der Waals surface area contributed by atoms with Crippen LogP contribution >= 0.6 is 45.2 Å². The maximum absolute atomic E-state index is 11.6. The molecule has 0 radical (unpaired) electrons. The molecule has 0 N–H and O–H groups in total. The first-order chi connectivity index (χ1) is 5.72. The summed E-state index contributed by atoms with van der Waals surface area (Å²) >= 11 is 4.36. The molecule has 0 aromatic rings. The van der Waals surface area contributed by atoms with Crippen LogP contribution in [0.3, 0.4) is 0 Å². The van der Waals surface area contributed by atoms with Gasteiger partial charge in [-0.25, -0.2) is 0 Å². The number of carbonyl (C=O) groups excluding carboxylic acids is 1. The molecular formula is C8H13I2NO. The van der Waals surface area contributed by atoms with Crippen molar-refractivity contribution in [3.05, 3.63) is 0 Å². The fourth-order valence-corrected chi connectivity index (χ4v) is 2.22. The Bertz CT molecular complexity index is 153. The van der Waals surface area contributed by atoms with Gasteiger partial charge in [0.2, 0.25) is 5.91 Å².